The summed E-state index contributed by atoms with van der Waals surface area (Å²) < 4.78 is 3.36. The molecule has 1 amide bonds. The lowest BCUT2D eigenvalue weighted by atomic mass is 9.97. The third-order valence-electron chi connectivity index (χ3n) is 5.07. The van der Waals surface area contributed by atoms with Crippen LogP contribution in [0, 0.1) is 0 Å². The topological polar surface area (TPSA) is 125 Å². The molecule has 2 heterocycles. The number of aromatic hydroxyl groups is 1. The van der Waals surface area contributed by atoms with Gasteiger partial charge in [-0.15, -0.1) is 0 Å². The highest BCUT2D eigenvalue weighted by Gasteiger charge is 2.20. The van der Waals surface area contributed by atoms with Gasteiger partial charge in [-0.05, 0) is 41.8 Å². The van der Waals surface area contributed by atoms with Gasteiger partial charge in [-0.1, -0.05) is 13.8 Å². The van der Waals surface area contributed by atoms with Gasteiger partial charge in [-0.25, -0.2) is 19.3 Å². The van der Waals surface area contributed by atoms with Crippen molar-refractivity contribution >= 4 is 22.7 Å². The molecule has 2 aromatic heterocycles. The number of nitrogens with one attached hydrogen (secondary N) is 2. The molecule has 154 valence electrons. The maximum absolute atomic E-state index is 12.6. The number of hydrogen-bond donors (Lipinski definition) is 4. The number of H-pyrrole nitrogens is 1. The zero-order valence-electron chi connectivity index (χ0n) is 16.7. The summed E-state index contributed by atoms with van der Waals surface area (Å²) in [6.45, 7) is 3.81. The number of nitrogens with zero attached hydrogens (tertiary/aromatic N) is 3. The first-order chi connectivity index (χ1) is 14.3. The Morgan fingerprint density at radius 2 is 1.97 bits per heavy atom. The molecule has 0 aliphatic heterocycles. The van der Waals surface area contributed by atoms with Crippen LogP contribution < -0.4 is 11.0 Å². The van der Waals surface area contributed by atoms with Gasteiger partial charge in [0.15, 0.2) is 5.82 Å². The van der Waals surface area contributed by atoms with Crippen LogP contribution in [-0.2, 0) is 7.05 Å². The Morgan fingerprint density at radius 1 is 1.20 bits per heavy atom. The van der Waals surface area contributed by atoms with Gasteiger partial charge in [-0.3, -0.25) is 5.32 Å². The molecule has 9 nitrogen and oxygen atoms in total. The highest BCUT2D eigenvalue weighted by atomic mass is 16.4. The molecule has 4 rings (SSSR count). The van der Waals surface area contributed by atoms with Crippen LogP contribution in [0.25, 0.3) is 28.0 Å². The van der Waals surface area contributed by atoms with Gasteiger partial charge in [0.1, 0.15) is 5.75 Å². The minimum atomic E-state index is -1.23. The van der Waals surface area contributed by atoms with E-state index in [0.717, 1.165) is 10.9 Å². The third-order valence-corrected chi connectivity index (χ3v) is 5.07. The Hall–Kier alpha value is -4.01. The Morgan fingerprint density at radius 3 is 2.67 bits per heavy atom. The van der Waals surface area contributed by atoms with E-state index in [9.17, 15) is 14.7 Å². The lowest BCUT2D eigenvalue weighted by Gasteiger charge is -2.16. The largest absolute Gasteiger partial charge is 0.507 e. The number of hydrogen-bond acceptors (Lipinski definition) is 4. The second-order valence-electron chi connectivity index (χ2n) is 7.40. The number of aryl methyl sites for hydroxylation is 1. The molecular formula is C21H21N5O4. The summed E-state index contributed by atoms with van der Waals surface area (Å²) in [6.07, 6.45) is 0.708. The lowest BCUT2D eigenvalue weighted by Crippen LogP contribution is -2.16. The molecule has 0 aliphatic carbocycles. The van der Waals surface area contributed by atoms with Gasteiger partial charge < -0.3 is 14.8 Å². The lowest BCUT2D eigenvalue weighted by molar-refractivity contribution is 0.209. The highest BCUT2D eigenvalue weighted by molar-refractivity contribution is 5.87. The fourth-order valence-electron chi connectivity index (χ4n) is 3.61. The van der Waals surface area contributed by atoms with E-state index in [2.05, 4.69) is 15.5 Å². The standard InChI is InChI=1S/C21H21N5O4/c1-11(2)14-9-15(18(27)10-16(14)22-21(29)30)19-23-24-20(28)26(19)13-4-5-17-12(8-13)6-7-25(17)3/h4-11,22,27H,1-3H3,(H,24,28)(H,29,30). The number of amides is 1. The van der Waals surface area contributed by atoms with E-state index in [4.69, 9.17) is 5.11 Å². The van der Waals surface area contributed by atoms with Gasteiger partial charge in [0.2, 0.25) is 0 Å². The third kappa shape index (κ3) is 3.20. The quantitative estimate of drug-likeness (QED) is 0.411. The van der Waals surface area contributed by atoms with Crippen molar-refractivity contribution < 1.29 is 15.0 Å². The first-order valence-corrected chi connectivity index (χ1v) is 9.36. The van der Waals surface area contributed by atoms with Gasteiger partial charge >= 0.3 is 11.8 Å². The molecule has 9 heteroatoms. The van der Waals surface area contributed by atoms with E-state index in [1.54, 1.807) is 6.07 Å². The van der Waals surface area contributed by atoms with Crippen LogP contribution in [0.2, 0.25) is 0 Å². The van der Waals surface area contributed by atoms with Crippen LogP contribution in [0.5, 0.6) is 5.75 Å². The van der Waals surface area contributed by atoms with E-state index in [0.29, 0.717) is 16.8 Å². The number of aromatic nitrogens is 4. The zero-order chi connectivity index (χ0) is 21.6. The fourth-order valence-corrected chi connectivity index (χ4v) is 3.61. The fraction of sp³-hybridized carbons (Fsp3) is 0.190. The number of rotatable bonds is 4. The normalized spacial score (nSPS) is 11.3. The second-order valence-corrected chi connectivity index (χ2v) is 7.40. The number of carboxylic acid groups (broad SMARTS) is 1. The number of phenolic OH excluding ortho intramolecular Hbond substituents is 1. The maximum Gasteiger partial charge on any atom is 0.409 e. The van der Waals surface area contributed by atoms with Crippen molar-refractivity contribution in [1.82, 2.24) is 19.3 Å². The van der Waals surface area contributed by atoms with Crippen LogP contribution in [0.1, 0.15) is 25.3 Å². The smallest absolute Gasteiger partial charge is 0.409 e. The Kier molecular flexibility index (Phi) is 4.57. The summed E-state index contributed by atoms with van der Waals surface area (Å²) in [6, 6.07) is 10.5. The zero-order valence-corrected chi connectivity index (χ0v) is 16.7. The van der Waals surface area contributed by atoms with Crippen LogP contribution >= 0.6 is 0 Å². The highest BCUT2D eigenvalue weighted by Crippen LogP contribution is 2.37. The van der Waals surface area contributed by atoms with Crippen LogP contribution in [0.15, 0.2) is 47.4 Å². The summed E-state index contributed by atoms with van der Waals surface area (Å²) >= 11 is 0. The first kappa shape index (κ1) is 19.3. The van der Waals surface area contributed by atoms with E-state index < -0.39 is 11.8 Å². The summed E-state index contributed by atoms with van der Waals surface area (Å²) in [5.41, 5.74) is 2.45. The molecular weight excluding hydrogens is 386 g/mol. The van der Waals surface area contributed by atoms with Crippen molar-refractivity contribution in [3.8, 4) is 22.8 Å². The van der Waals surface area contributed by atoms with Gasteiger partial charge in [0.25, 0.3) is 0 Å². The number of carbonyl (C=O) groups is 1. The van der Waals surface area contributed by atoms with Crippen molar-refractivity contribution in [2.24, 2.45) is 7.05 Å². The van der Waals surface area contributed by atoms with Crippen molar-refractivity contribution in [3.05, 3.63) is 58.6 Å². The molecule has 0 atom stereocenters. The van der Waals surface area contributed by atoms with Crippen LogP contribution in [0.3, 0.4) is 0 Å². The minimum absolute atomic E-state index is 0.0361. The molecule has 0 saturated carbocycles. The molecule has 0 fully saturated rings. The van der Waals surface area contributed by atoms with E-state index in [-0.39, 0.29) is 23.2 Å². The molecule has 0 aliphatic rings. The number of fused-ring (bicyclic) bond motifs is 1. The average Bonchev–Trinajstić information content (AvgIpc) is 3.23. The van der Waals surface area contributed by atoms with Crippen molar-refractivity contribution in [2.45, 2.75) is 19.8 Å². The SMILES string of the molecule is CC(C)c1cc(-c2n[nH]c(=O)n2-c2ccc3c(ccn3C)c2)c(O)cc1NC(=O)O. The molecule has 0 unspecified atom stereocenters. The van der Waals surface area contributed by atoms with Crippen molar-refractivity contribution in [3.63, 3.8) is 0 Å². The van der Waals surface area contributed by atoms with Gasteiger partial charge in [-0.2, -0.15) is 5.10 Å². The monoisotopic (exact) mass is 407 g/mol. The molecule has 0 radical (unpaired) electrons. The van der Waals surface area contributed by atoms with Gasteiger partial charge in [0.05, 0.1) is 16.9 Å². The Balaban J connectivity index is 1.91. The predicted molar refractivity (Wildman–Crippen MR) is 113 cm³/mol. The predicted octanol–water partition coefficient (Wildman–Crippen LogP) is 3.64. The molecule has 2 aromatic carbocycles. The first-order valence-electron chi connectivity index (χ1n) is 9.36. The molecule has 4 aromatic rings. The second kappa shape index (κ2) is 7.11. The Bertz CT molecular complexity index is 1330. The maximum atomic E-state index is 12.6. The summed E-state index contributed by atoms with van der Waals surface area (Å²) in [5.74, 6) is 0.00623. The van der Waals surface area contributed by atoms with Crippen molar-refractivity contribution in [1.29, 1.82) is 0 Å². The number of phenols is 1. The summed E-state index contributed by atoms with van der Waals surface area (Å²) in [5, 5.41) is 29.5. The van der Waals surface area contributed by atoms with Crippen molar-refractivity contribution in [2.75, 3.05) is 5.32 Å². The summed E-state index contributed by atoms with van der Waals surface area (Å²) in [7, 11) is 1.94. The molecule has 30 heavy (non-hydrogen) atoms. The Labute approximate surface area is 171 Å². The van der Waals surface area contributed by atoms with E-state index in [1.807, 2.05) is 55.9 Å². The van der Waals surface area contributed by atoms with Gasteiger partial charge in [0, 0.05) is 30.2 Å². The average molecular weight is 407 g/mol. The van der Waals surface area contributed by atoms with Crippen LogP contribution in [-0.4, -0.2) is 35.6 Å². The number of aromatic amines is 1. The van der Waals surface area contributed by atoms with E-state index >= 15 is 0 Å². The molecule has 4 N–H and O–H groups in total. The molecule has 0 spiro atoms. The van der Waals surface area contributed by atoms with E-state index in [1.165, 1.54) is 10.6 Å². The molecule has 0 saturated heterocycles. The minimum Gasteiger partial charge on any atom is -0.507 e. The number of benzene rings is 2. The summed E-state index contributed by atoms with van der Waals surface area (Å²) in [4.78, 5) is 23.7. The number of anilines is 1. The van der Waals surface area contributed by atoms with Crippen LogP contribution in [0.4, 0.5) is 10.5 Å². The molecule has 0 bridgehead atoms.